The lowest BCUT2D eigenvalue weighted by atomic mass is 10.1. The van der Waals surface area contributed by atoms with E-state index in [2.05, 4.69) is 22.5 Å². The predicted molar refractivity (Wildman–Crippen MR) is 72.3 cm³/mol. The Kier molecular flexibility index (Phi) is 6.41. The SMILES string of the molecule is CCCCNC(=O)Nc1ccc(F)cc1C#CCO. The minimum Gasteiger partial charge on any atom is -0.384 e. The molecule has 0 atom stereocenters. The van der Waals surface area contributed by atoms with Crippen LogP contribution >= 0.6 is 0 Å². The molecule has 102 valence electrons. The van der Waals surface area contributed by atoms with Gasteiger partial charge in [0.1, 0.15) is 12.4 Å². The van der Waals surface area contributed by atoms with Crippen molar-refractivity contribution in [3.8, 4) is 11.8 Å². The van der Waals surface area contributed by atoms with Crippen LogP contribution in [-0.2, 0) is 0 Å². The molecule has 0 saturated carbocycles. The first-order chi connectivity index (χ1) is 9.17. The van der Waals surface area contributed by atoms with Crippen LogP contribution in [0.25, 0.3) is 0 Å². The number of unbranched alkanes of at least 4 members (excludes halogenated alkanes) is 1. The highest BCUT2D eigenvalue weighted by Crippen LogP contribution is 2.15. The second kappa shape index (κ2) is 8.11. The Morgan fingerprint density at radius 1 is 1.47 bits per heavy atom. The third kappa shape index (κ3) is 5.40. The van der Waals surface area contributed by atoms with Crippen molar-refractivity contribution in [2.75, 3.05) is 18.5 Å². The molecule has 0 aromatic heterocycles. The molecule has 5 heteroatoms. The second-order valence-corrected chi connectivity index (χ2v) is 3.88. The van der Waals surface area contributed by atoms with Crippen LogP contribution < -0.4 is 10.6 Å². The number of urea groups is 1. The average Bonchev–Trinajstić information content (AvgIpc) is 2.39. The second-order valence-electron chi connectivity index (χ2n) is 3.88. The van der Waals surface area contributed by atoms with E-state index < -0.39 is 5.82 Å². The number of hydrogen-bond acceptors (Lipinski definition) is 2. The number of rotatable bonds is 4. The molecule has 0 radical (unpaired) electrons. The quantitative estimate of drug-likeness (QED) is 0.576. The number of benzene rings is 1. The van der Waals surface area contributed by atoms with Gasteiger partial charge >= 0.3 is 6.03 Å². The van der Waals surface area contributed by atoms with E-state index in [4.69, 9.17) is 5.11 Å². The molecule has 0 fully saturated rings. The molecule has 0 aliphatic rings. The number of carbonyl (C=O) groups excluding carboxylic acids is 1. The third-order valence-electron chi connectivity index (χ3n) is 2.35. The monoisotopic (exact) mass is 264 g/mol. The van der Waals surface area contributed by atoms with E-state index in [0.717, 1.165) is 12.8 Å². The zero-order valence-corrected chi connectivity index (χ0v) is 10.8. The van der Waals surface area contributed by atoms with Gasteiger partial charge in [-0.25, -0.2) is 9.18 Å². The van der Waals surface area contributed by atoms with Gasteiger partial charge in [0, 0.05) is 6.54 Å². The summed E-state index contributed by atoms with van der Waals surface area (Å²) in [6.07, 6.45) is 1.89. The Bertz CT molecular complexity index is 492. The molecule has 0 saturated heterocycles. The highest BCUT2D eigenvalue weighted by atomic mass is 19.1. The molecular formula is C14H17FN2O2. The molecule has 0 unspecified atom stereocenters. The van der Waals surface area contributed by atoms with E-state index >= 15 is 0 Å². The molecule has 4 nitrogen and oxygen atoms in total. The first kappa shape index (κ1) is 15.0. The van der Waals surface area contributed by atoms with Gasteiger partial charge in [0.2, 0.25) is 0 Å². The van der Waals surface area contributed by atoms with Crippen molar-refractivity contribution in [2.45, 2.75) is 19.8 Å². The summed E-state index contributed by atoms with van der Waals surface area (Å²) in [7, 11) is 0. The van der Waals surface area contributed by atoms with E-state index in [1.54, 1.807) is 0 Å². The fourth-order valence-electron chi connectivity index (χ4n) is 1.41. The van der Waals surface area contributed by atoms with Crippen molar-refractivity contribution < 1.29 is 14.3 Å². The van der Waals surface area contributed by atoms with Crippen molar-refractivity contribution >= 4 is 11.7 Å². The molecule has 19 heavy (non-hydrogen) atoms. The van der Waals surface area contributed by atoms with Crippen LogP contribution in [0, 0.1) is 17.7 Å². The first-order valence-electron chi connectivity index (χ1n) is 6.11. The molecule has 0 aliphatic heterocycles. The van der Waals surface area contributed by atoms with Crippen molar-refractivity contribution in [2.24, 2.45) is 0 Å². The maximum absolute atomic E-state index is 13.1. The molecule has 1 aromatic carbocycles. The van der Waals surface area contributed by atoms with Gasteiger partial charge in [-0.2, -0.15) is 0 Å². The standard InChI is InChI=1S/C14H17FN2O2/c1-2-3-8-16-14(19)17-13-7-6-12(15)10-11(13)5-4-9-18/h6-7,10,18H,2-3,8-9H2,1H3,(H2,16,17,19). The maximum atomic E-state index is 13.1. The van der Waals surface area contributed by atoms with Gasteiger partial charge in [-0.1, -0.05) is 25.2 Å². The number of hydrogen-bond donors (Lipinski definition) is 3. The number of nitrogens with one attached hydrogen (secondary N) is 2. The Labute approximate surface area is 112 Å². The van der Waals surface area contributed by atoms with Crippen LogP contribution in [0.4, 0.5) is 14.9 Å². The first-order valence-corrected chi connectivity index (χ1v) is 6.11. The lowest BCUT2D eigenvalue weighted by Crippen LogP contribution is -2.29. The summed E-state index contributed by atoms with van der Waals surface area (Å²) in [6.45, 7) is 2.29. The number of carbonyl (C=O) groups is 1. The highest BCUT2D eigenvalue weighted by Gasteiger charge is 2.06. The van der Waals surface area contributed by atoms with Gasteiger partial charge in [-0.05, 0) is 24.6 Å². The summed E-state index contributed by atoms with van der Waals surface area (Å²) in [6, 6.07) is 3.54. The largest absolute Gasteiger partial charge is 0.384 e. The molecule has 0 bridgehead atoms. The molecule has 1 aromatic rings. The smallest absolute Gasteiger partial charge is 0.319 e. The van der Waals surface area contributed by atoms with Crippen LogP contribution in [0.5, 0.6) is 0 Å². The van der Waals surface area contributed by atoms with Gasteiger partial charge in [-0.3, -0.25) is 0 Å². The lowest BCUT2D eigenvalue weighted by Gasteiger charge is -2.09. The van der Waals surface area contributed by atoms with Gasteiger partial charge in [0.05, 0.1) is 11.3 Å². The molecule has 3 N–H and O–H groups in total. The normalized spacial score (nSPS) is 9.42. The third-order valence-corrected chi connectivity index (χ3v) is 2.35. The predicted octanol–water partition coefficient (Wildman–Crippen LogP) is 2.09. The van der Waals surface area contributed by atoms with Gasteiger partial charge in [0.25, 0.3) is 0 Å². The summed E-state index contributed by atoms with van der Waals surface area (Å²) in [4.78, 5) is 11.6. The van der Waals surface area contributed by atoms with E-state index in [1.165, 1.54) is 18.2 Å². The van der Waals surface area contributed by atoms with Crippen LogP contribution in [-0.4, -0.2) is 24.3 Å². The van der Waals surface area contributed by atoms with Crippen LogP contribution in [0.2, 0.25) is 0 Å². The summed E-state index contributed by atoms with van der Waals surface area (Å²) in [5, 5.41) is 13.9. The van der Waals surface area contributed by atoms with Crippen molar-refractivity contribution in [3.63, 3.8) is 0 Å². The minimum absolute atomic E-state index is 0.321. The fraction of sp³-hybridized carbons (Fsp3) is 0.357. The van der Waals surface area contributed by atoms with Crippen molar-refractivity contribution in [3.05, 3.63) is 29.6 Å². The van der Waals surface area contributed by atoms with E-state index in [0.29, 0.717) is 17.8 Å². The summed E-state index contributed by atoms with van der Waals surface area (Å²) >= 11 is 0. The topological polar surface area (TPSA) is 61.4 Å². The van der Waals surface area contributed by atoms with Crippen LogP contribution in [0.15, 0.2) is 18.2 Å². The molecule has 1 rings (SSSR count). The number of amides is 2. The number of aliphatic hydroxyl groups excluding tert-OH is 1. The fourth-order valence-corrected chi connectivity index (χ4v) is 1.41. The van der Waals surface area contributed by atoms with Gasteiger partial charge in [-0.15, -0.1) is 0 Å². The summed E-state index contributed by atoms with van der Waals surface area (Å²) in [5.41, 5.74) is 0.746. The Balaban J connectivity index is 2.74. The van der Waals surface area contributed by atoms with Crippen molar-refractivity contribution in [1.82, 2.24) is 5.32 Å². The highest BCUT2D eigenvalue weighted by molar-refractivity contribution is 5.90. The van der Waals surface area contributed by atoms with E-state index in [-0.39, 0.29) is 12.6 Å². The summed E-state index contributed by atoms with van der Waals surface area (Å²) < 4.78 is 13.1. The van der Waals surface area contributed by atoms with E-state index in [9.17, 15) is 9.18 Å². The number of anilines is 1. The number of aliphatic hydroxyl groups is 1. The molecule has 2 amide bonds. The summed E-state index contributed by atoms with van der Waals surface area (Å²) in [5.74, 6) is 4.57. The Morgan fingerprint density at radius 3 is 2.95 bits per heavy atom. The Morgan fingerprint density at radius 2 is 2.26 bits per heavy atom. The molecule has 0 spiro atoms. The molecule has 0 aliphatic carbocycles. The average molecular weight is 264 g/mol. The van der Waals surface area contributed by atoms with Crippen molar-refractivity contribution in [1.29, 1.82) is 0 Å². The minimum atomic E-state index is -0.445. The maximum Gasteiger partial charge on any atom is 0.319 e. The zero-order valence-electron chi connectivity index (χ0n) is 10.8. The Hall–Kier alpha value is -2.06. The lowest BCUT2D eigenvalue weighted by molar-refractivity contribution is 0.252. The van der Waals surface area contributed by atoms with Crippen LogP contribution in [0.3, 0.4) is 0 Å². The zero-order chi connectivity index (χ0) is 14.1. The van der Waals surface area contributed by atoms with Gasteiger partial charge < -0.3 is 15.7 Å². The molecular weight excluding hydrogens is 247 g/mol. The molecule has 0 heterocycles. The van der Waals surface area contributed by atoms with Gasteiger partial charge in [0.15, 0.2) is 0 Å². The van der Waals surface area contributed by atoms with E-state index in [1.807, 2.05) is 6.92 Å². The van der Waals surface area contributed by atoms with Crippen LogP contribution in [0.1, 0.15) is 25.3 Å². The number of halogens is 1.